The van der Waals surface area contributed by atoms with E-state index in [1.165, 1.54) is 0 Å². The predicted molar refractivity (Wildman–Crippen MR) is 215 cm³/mol. The molecule has 3 N–H and O–H groups in total. The molecule has 57 heavy (non-hydrogen) atoms. The van der Waals surface area contributed by atoms with Crippen LogP contribution in [0.2, 0.25) is 0 Å². The highest BCUT2D eigenvalue weighted by molar-refractivity contribution is 6.06. The number of alkyl halides is 2. The van der Waals surface area contributed by atoms with Gasteiger partial charge in [0.1, 0.15) is 12.3 Å². The molecule has 5 aliphatic rings. The lowest BCUT2D eigenvalue weighted by Crippen LogP contribution is -2.54. The molecule has 3 saturated heterocycles. The van der Waals surface area contributed by atoms with Gasteiger partial charge in [-0.25, -0.2) is 28.5 Å². The molecule has 9 rings (SSSR count). The number of piperidine rings is 2. The Morgan fingerprint density at radius 2 is 1.72 bits per heavy atom. The number of aromatic nitrogens is 3. The summed E-state index contributed by atoms with van der Waals surface area (Å²) in [4.78, 5) is 46.1. The molecule has 4 aromatic rings. The number of aryl methyl sites for hydroxylation is 1. The maximum Gasteiger partial charge on any atom is 0.328 e. The number of fused-ring (bicyclic) bond motifs is 2. The van der Waals surface area contributed by atoms with Crippen LogP contribution in [0.25, 0.3) is 0 Å². The van der Waals surface area contributed by atoms with Crippen LogP contribution in [-0.4, -0.2) is 96.2 Å². The first-order valence-corrected chi connectivity index (χ1v) is 20.0. The third-order valence-electron chi connectivity index (χ3n) is 12.3. The Kier molecular flexibility index (Phi) is 9.79. The van der Waals surface area contributed by atoms with Crippen LogP contribution in [0.4, 0.5) is 48.0 Å². The van der Waals surface area contributed by atoms with E-state index in [-0.39, 0.29) is 24.9 Å². The monoisotopic (exact) mass is 778 g/mol. The molecule has 298 valence electrons. The van der Waals surface area contributed by atoms with Crippen molar-refractivity contribution >= 4 is 46.3 Å². The highest BCUT2D eigenvalue weighted by atomic mass is 19.3. The van der Waals surface area contributed by atoms with Crippen LogP contribution in [0.1, 0.15) is 59.5 Å². The fourth-order valence-corrected chi connectivity index (χ4v) is 9.14. The molecule has 2 aromatic heterocycles. The Morgan fingerprint density at radius 1 is 0.895 bits per heavy atom. The number of hydrogen-bond acceptors (Lipinski definition) is 11. The van der Waals surface area contributed by atoms with Crippen LogP contribution in [0, 0.1) is 13.8 Å². The third-order valence-corrected chi connectivity index (χ3v) is 12.3. The van der Waals surface area contributed by atoms with E-state index in [0.717, 1.165) is 96.3 Å². The zero-order valence-electron chi connectivity index (χ0n) is 32.4. The van der Waals surface area contributed by atoms with Crippen LogP contribution >= 0.6 is 0 Å². The molecule has 2 aromatic carbocycles. The number of halogens is 2. The molecule has 0 saturated carbocycles. The number of benzene rings is 2. The summed E-state index contributed by atoms with van der Waals surface area (Å²) in [6.07, 6.45) is 6.85. The second-order valence-electron chi connectivity index (χ2n) is 15.8. The highest BCUT2D eigenvalue weighted by Crippen LogP contribution is 2.42. The molecule has 0 unspecified atom stereocenters. The number of nitrogens with one attached hydrogen (secondary N) is 3. The van der Waals surface area contributed by atoms with E-state index in [9.17, 15) is 9.59 Å². The molecule has 1 atom stereocenters. The highest BCUT2D eigenvalue weighted by Gasteiger charge is 2.47. The Labute approximate surface area is 330 Å². The van der Waals surface area contributed by atoms with Crippen molar-refractivity contribution in [3.63, 3.8) is 0 Å². The number of urea groups is 1. The first-order valence-electron chi connectivity index (χ1n) is 20.0. The summed E-state index contributed by atoms with van der Waals surface area (Å²) in [5.41, 5.74) is 9.35. The number of imide groups is 1. The fourth-order valence-electron chi connectivity index (χ4n) is 9.14. The van der Waals surface area contributed by atoms with Crippen molar-refractivity contribution in [2.24, 2.45) is 0 Å². The summed E-state index contributed by atoms with van der Waals surface area (Å²) in [6, 6.07) is 13.0. The van der Waals surface area contributed by atoms with Crippen molar-refractivity contribution in [1.82, 2.24) is 25.2 Å². The standard InChI is InChI=1S/C42H48F2N10O3/c1-26-21-32(7-8-35(26)54-19-13-37(55)50-41(54)56)51-16-10-31(11-17-51)53-18-12-33(42(43,44)25-53)28-3-5-30(6-4-28)48-40-47-22-29-9-15-52(24-34(29)49-40)36-23-46-39-38(27(36)2)45-14-20-57-39/h3-8,21-23,31,33,45H,9-20,24-25H2,1-2H3,(H,47,48,49)(H,50,55,56)/t33-/m0/s1. The first kappa shape index (κ1) is 37.0. The molecule has 3 fully saturated rings. The molecule has 5 aliphatic heterocycles. The summed E-state index contributed by atoms with van der Waals surface area (Å²) in [5, 5.41) is 9.09. The van der Waals surface area contributed by atoms with Gasteiger partial charge in [0.2, 0.25) is 17.7 Å². The Balaban J connectivity index is 0.788. The maximum absolute atomic E-state index is 15.9. The van der Waals surface area contributed by atoms with Crippen LogP contribution in [0.3, 0.4) is 0 Å². The van der Waals surface area contributed by atoms with Crippen LogP contribution in [0.5, 0.6) is 5.88 Å². The van der Waals surface area contributed by atoms with Gasteiger partial charge in [-0.1, -0.05) is 12.1 Å². The molecular formula is C42H48F2N10O3. The van der Waals surface area contributed by atoms with Crippen LogP contribution < -0.4 is 35.4 Å². The third kappa shape index (κ3) is 7.40. The van der Waals surface area contributed by atoms with Gasteiger partial charge in [-0.2, -0.15) is 0 Å². The molecule has 13 nitrogen and oxygen atoms in total. The van der Waals surface area contributed by atoms with E-state index in [2.05, 4.69) is 48.7 Å². The molecule has 0 bridgehead atoms. The van der Waals surface area contributed by atoms with Gasteiger partial charge in [0.15, 0.2) is 0 Å². The fraction of sp³-hybridized carbons (Fsp3) is 0.452. The van der Waals surface area contributed by atoms with E-state index >= 15 is 8.78 Å². The van der Waals surface area contributed by atoms with Crippen molar-refractivity contribution in [2.45, 2.75) is 70.4 Å². The van der Waals surface area contributed by atoms with Crippen LogP contribution in [0.15, 0.2) is 54.9 Å². The summed E-state index contributed by atoms with van der Waals surface area (Å²) < 4.78 is 37.5. The second-order valence-corrected chi connectivity index (χ2v) is 15.8. The molecule has 15 heteroatoms. The summed E-state index contributed by atoms with van der Waals surface area (Å²) >= 11 is 0. The van der Waals surface area contributed by atoms with E-state index in [4.69, 9.17) is 9.72 Å². The maximum atomic E-state index is 15.9. The first-order chi connectivity index (χ1) is 27.6. The van der Waals surface area contributed by atoms with Crippen molar-refractivity contribution in [3.8, 4) is 5.88 Å². The lowest BCUT2D eigenvalue weighted by molar-refractivity contribution is -0.120. The average molecular weight is 779 g/mol. The zero-order chi connectivity index (χ0) is 39.3. The van der Waals surface area contributed by atoms with E-state index in [1.54, 1.807) is 4.90 Å². The summed E-state index contributed by atoms with van der Waals surface area (Å²) in [5.74, 6) is -2.84. The molecule has 0 aliphatic carbocycles. The number of nitrogens with zero attached hydrogens (tertiary/aromatic N) is 7. The Morgan fingerprint density at radius 3 is 2.49 bits per heavy atom. The van der Waals surface area contributed by atoms with Gasteiger partial charge in [-0.15, -0.1) is 0 Å². The van der Waals surface area contributed by atoms with Crippen LogP contribution in [-0.2, 0) is 17.8 Å². The quantitative estimate of drug-likeness (QED) is 0.200. The Bertz CT molecular complexity index is 2180. The summed E-state index contributed by atoms with van der Waals surface area (Å²) in [7, 11) is 0. The minimum atomic E-state index is -2.86. The summed E-state index contributed by atoms with van der Waals surface area (Å²) in [6.45, 7) is 9.15. The van der Waals surface area contributed by atoms with Gasteiger partial charge < -0.3 is 25.2 Å². The minimum Gasteiger partial charge on any atom is -0.474 e. The molecule has 0 spiro atoms. The largest absolute Gasteiger partial charge is 0.474 e. The van der Waals surface area contributed by atoms with Gasteiger partial charge in [0.25, 0.3) is 5.92 Å². The van der Waals surface area contributed by atoms with Crippen molar-refractivity contribution in [2.75, 3.05) is 77.8 Å². The number of likely N-dealkylation sites (tertiary alicyclic amines) is 1. The van der Waals surface area contributed by atoms with Crippen molar-refractivity contribution < 1.29 is 23.1 Å². The van der Waals surface area contributed by atoms with E-state index < -0.39 is 17.9 Å². The Hall–Kier alpha value is -5.57. The number of anilines is 6. The number of rotatable bonds is 7. The van der Waals surface area contributed by atoms with Gasteiger partial charge in [0, 0.05) is 74.0 Å². The number of ether oxygens (including phenoxy) is 1. The number of carbonyl (C=O) groups is 2. The van der Waals surface area contributed by atoms with E-state index in [0.29, 0.717) is 50.1 Å². The second kappa shape index (κ2) is 15.1. The number of hydrogen-bond donors (Lipinski definition) is 3. The molecule has 3 amide bonds. The molecule has 7 heterocycles. The average Bonchev–Trinajstić information content (AvgIpc) is 3.21. The van der Waals surface area contributed by atoms with Crippen molar-refractivity contribution in [1.29, 1.82) is 0 Å². The van der Waals surface area contributed by atoms with E-state index in [1.807, 2.05) is 60.6 Å². The lowest BCUT2D eigenvalue weighted by atomic mass is 9.85. The SMILES string of the molecule is Cc1cc(N2CCC(N3CC[C@@H](c4ccc(Nc5ncc6c(n5)CN(c5cnc7c(c5C)NCCO7)CC6)cc4)C(F)(F)C3)CC2)ccc1N1CCC(=O)NC1=O. The molecule has 0 radical (unpaired) electrons. The molecular weight excluding hydrogens is 731 g/mol. The van der Waals surface area contributed by atoms with Gasteiger partial charge in [0.05, 0.1) is 36.6 Å². The van der Waals surface area contributed by atoms with Gasteiger partial charge in [-0.05, 0) is 93.1 Å². The number of amides is 3. The van der Waals surface area contributed by atoms with Gasteiger partial charge >= 0.3 is 6.03 Å². The minimum absolute atomic E-state index is 0.101. The van der Waals surface area contributed by atoms with Gasteiger partial charge in [-0.3, -0.25) is 19.9 Å². The predicted octanol–water partition coefficient (Wildman–Crippen LogP) is 6.14. The smallest absolute Gasteiger partial charge is 0.328 e. The van der Waals surface area contributed by atoms with Crippen molar-refractivity contribution in [3.05, 3.63) is 82.8 Å². The number of carbonyl (C=O) groups excluding carboxylic acids is 2. The zero-order valence-corrected chi connectivity index (χ0v) is 32.4. The lowest BCUT2D eigenvalue weighted by Gasteiger charge is -2.45. The topological polar surface area (TPSA) is 131 Å². The number of pyridine rings is 1. The normalized spacial score (nSPS) is 21.3.